The molecule has 1 saturated heterocycles. The van der Waals surface area contributed by atoms with Crippen molar-refractivity contribution in [3.05, 3.63) is 57.8 Å². The Morgan fingerprint density at radius 3 is 2.69 bits per heavy atom. The lowest BCUT2D eigenvalue weighted by Gasteiger charge is -2.33. The lowest BCUT2D eigenvalue weighted by Crippen LogP contribution is -2.49. The standard InChI is InChI=1S/C24H31N3O4S/c1-3-31-14-5-13-25-23(29)22(18-9-7-17(2)8-10-18)27(16-19-6-4-15-32-19)24(30)20-11-12-21(28)26-20/h4,6-10,15,20,22H,3,5,11-14,16H2,1-2H3,(H,25,29)(H,26,28)/t20-,22-/m0/s1. The Hall–Kier alpha value is -2.71. The molecular weight excluding hydrogens is 426 g/mol. The Morgan fingerprint density at radius 1 is 1.28 bits per heavy atom. The van der Waals surface area contributed by atoms with Crippen LogP contribution in [-0.4, -0.2) is 48.4 Å². The summed E-state index contributed by atoms with van der Waals surface area (Å²) in [5.74, 6) is -0.606. The van der Waals surface area contributed by atoms with Gasteiger partial charge in [-0.25, -0.2) is 0 Å². The van der Waals surface area contributed by atoms with Crippen LogP contribution in [0.5, 0.6) is 0 Å². The van der Waals surface area contributed by atoms with E-state index in [-0.39, 0.29) is 17.7 Å². The van der Waals surface area contributed by atoms with E-state index in [0.29, 0.717) is 45.6 Å². The van der Waals surface area contributed by atoms with Gasteiger partial charge in [-0.2, -0.15) is 0 Å². The van der Waals surface area contributed by atoms with E-state index in [2.05, 4.69) is 10.6 Å². The van der Waals surface area contributed by atoms with Gasteiger partial charge in [0.1, 0.15) is 12.1 Å². The third-order valence-electron chi connectivity index (χ3n) is 5.40. The van der Waals surface area contributed by atoms with Gasteiger partial charge in [0.15, 0.2) is 0 Å². The molecule has 0 spiro atoms. The van der Waals surface area contributed by atoms with Crippen molar-refractivity contribution in [2.45, 2.75) is 51.7 Å². The first-order valence-electron chi connectivity index (χ1n) is 11.0. The number of nitrogens with one attached hydrogen (secondary N) is 2. The second-order valence-corrected chi connectivity index (χ2v) is 8.89. The average molecular weight is 458 g/mol. The van der Waals surface area contributed by atoms with Gasteiger partial charge < -0.3 is 20.3 Å². The summed E-state index contributed by atoms with van der Waals surface area (Å²) in [5.41, 5.74) is 1.82. The molecule has 2 N–H and O–H groups in total. The van der Waals surface area contributed by atoms with E-state index in [1.165, 1.54) is 11.3 Å². The van der Waals surface area contributed by atoms with Crippen molar-refractivity contribution in [1.82, 2.24) is 15.5 Å². The molecular formula is C24H31N3O4S. The molecule has 7 nitrogen and oxygen atoms in total. The van der Waals surface area contributed by atoms with E-state index in [1.54, 1.807) is 4.90 Å². The first-order valence-corrected chi connectivity index (χ1v) is 11.9. The molecule has 3 rings (SSSR count). The monoisotopic (exact) mass is 457 g/mol. The molecule has 1 aromatic carbocycles. The number of hydrogen-bond donors (Lipinski definition) is 2. The zero-order chi connectivity index (χ0) is 22.9. The maximum atomic E-state index is 13.5. The second kappa shape index (κ2) is 11.8. The maximum absolute atomic E-state index is 13.5. The molecule has 2 heterocycles. The lowest BCUT2D eigenvalue weighted by atomic mass is 10.0. The summed E-state index contributed by atoms with van der Waals surface area (Å²) in [5, 5.41) is 7.68. The van der Waals surface area contributed by atoms with Crippen molar-refractivity contribution >= 4 is 29.1 Å². The zero-order valence-corrected chi connectivity index (χ0v) is 19.5. The van der Waals surface area contributed by atoms with Crippen molar-refractivity contribution in [2.75, 3.05) is 19.8 Å². The molecule has 172 valence electrons. The van der Waals surface area contributed by atoms with Gasteiger partial charge in [-0.15, -0.1) is 11.3 Å². The molecule has 2 aromatic rings. The number of benzene rings is 1. The van der Waals surface area contributed by atoms with Crippen LogP contribution >= 0.6 is 11.3 Å². The highest BCUT2D eigenvalue weighted by atomic mass is 32.1. The molecule has 1 fully saturated rings. The van der Waals surface area contributed by atoms with Crippen LogP contribution in [0.2, 0.25) is 0 Å². The quantitative estimate of drug-likeness (QED) is 0.508. The highest BCUT2D eigenvalue weighted by Gasteiger charge is 2.37. The fourth-order valence-electron chi connectivity index (χ4n) is 3.71. The Labute approximate surface area is 193 Å². The molecule has 0 aliphatic carbocycles. The topological polar surface area (TPSA) is 87.7 Å². The molecule has 0 radical (unpaired) electrons. The fraction of sp³-hybridized carbons (Fsp3) is 0.458. The van der Waals surface area contributed by atoms with Gasteiger partial charge in [0.05, 0.1) is 6.54 Å². The van der Waals surface area contributed by atoms with E-state index in [1.807, 2.05) is 55.6 Å². The van der Waals surface area contributed by atoms with Crippen LogP contribution in [0.25, 0.3) is 0 Å². The van der Waals surface area contributed by atoms with Gasteiger partial charge in [-0.05, 0) is 43.7 Å². The van der Waals surface area contributed by atoms with Gasteiger partial charge in [0.25, 0.3) is 0 Å². The number of rotatable bonds is 11. The van der Waals surface area contributed by atoms with Crippen LogP contribution in [-0.2, 0) is 25.7 Å². The molecule has 8 heteroatoms. The van der Waals surface area contributed by atoms with Crippen LogP contribution in [0.4, 0.5) is 0 Å². The summed E-state index contributed by atoms with van der Waals surface area (Å²) in [6.45, 7) is 5.88. The van der Waals surface area contributed by atoms with Crippen LogP contribution in [0.1, 0.15) is 48.2 Å². The van der Waals surface area contributed by atoms with Crippen LogP contribution < -0.4 is 10.6 Å². The maximum Gasteiger partial charge on any atom is 0.247 e. The van der Waals surface area contributed by atoms with Gasteiger partial charge in [-0.3, -0.25) is 14.4 Å². The zero-order valence-electron chi connectivity index (χ0n) is 18.6. The summed E-state index contributed by atoms with van der Waals surface area (Å²) >= 11 is 1.54. The number of carbonyl (C=O) groups excluding carboxylic acids is 3. The highest BCUT2D eigenvalue weighted by molar-refractivity contribution is 7.09. The normalized spacial score (nSPS) is 16.4. The molecule has 32 heavy (non-hydrogen) atoms. The van der Waals surface area contributed by atoms with Gasteiger partial charge >= 0.3 is 0 Å². The lowest BCUT2D eigenvalue weighted by molar-refractivity contribution is -0.143. The van der Waals surface area contributed by atoms with Crippen molar-refractivity contribution < 1.29 is 19.1 Å². The SMILES string of the molecule is CCOCCCNC(=O)[C@H](c1ccc(C)cc1)N(Cc1cccs1)C(=O)[C@@H]1CCC(=O)N1. The minimum atomic E-state index is -0.796. The molecule has 0 saturated carbocycles. The van der Waals surface area contributed by atoms with Crippen molar-refractivity contribution in [2.24, 2.45) is 0 Å². The van der Waals surface area contributed by atoms with Gasteiger partial charge in [-0.1, -0.05) is 35.9 Å². The Bertz CT molecular complexity index is 898. The van der Waals surface area contributed by atoms with Gasteiger partial charge in [0, 0.05) is 31.1 Å². The van der Waals surface area contributed by atoms with E-state index in [0.717, 1.165) is 16.0 Å². The van der Waals surface area contributed by atoms with Crippen LogP contribution in [0.3, 0.4) is 0 Å². The number of thiophene rings is 1. The Morgan fingerprint density at radius 2 is 2.06 bits per heavy atom. The number of aryl methyl sites for hydroxylation is 1. The largest absolute Gasteiger partial charge is 0.382 e. The fourth-order valence-corrected chi connectivity index (χ4v) is 4.42. The summed E-state index contributed by atoms with van der Waals surface area (Å²) in [6.07, 6.45) is 1.45. The molecule has 0 unspecified atom stereocenters. The predicted octanol–water partition coefficient (Wildman–Crippen LogP) is 2.95. The molecule has 2 atom stereocenters. The molecule has 1 aromatic heterocycles. The van der Waals surface area contributed by atoms with Crippen molar-refractivity contribution in [1.29, 1.82) is 0 Å². The summed E-state index contributed by atoms with van der Waals surface area (Å²) < 4.78 is 5.35. The Kier molecular flexibility index (Phi) is 8.81. The van der Waals surface area contributed by atoms with E-state index < -0.39 is 12.1 Å². The summed E-state index contributed by atoms with van der Waals surface area (Å²) in [4.78, 5) is 41.3. The summed E-state index contributed by atoms with van der Waals surface area (Å²) in [7, 11) is 0. The van der Waals surface area contributed by atoms with E-state index >= 15 is 0 Å². The number of ether oxygens (including phenoxy) is 1. The number of amides is 3. The van der Waals surface area contributed by atoms with E-state index in [9.17, 15) is 14.4 Å². The van der Waals surface area contributed by atoms with Crippen molar-refractivity contribution in [3.63, 3.8) is 0 Å². The van der Waals surface area contributed by atoms with Crippen LogP contribution in [0, 0.1) is 6.92 Å². The van der Waals surface area contributed by atoms with Crippen LogP contribution in [0.15, 0.2) is 41.8 Å². The van der Waals surface area contributed by atoms with Gasteiger partial charge in [0.2, 0.25) is 17.7 Å². The van der Waals surface area contributed by atoms with Crippen molar-refractivity contribution in [3.8, 4) is 0 Å². The number of nitrogens with zero attached hydrogens (tertiary/aromatic N) is 1. The number of carbonyl (C=O) groups is 3. The molecule has 3 amide bonds. The van der Waals surface area contributed by atoms with E-state index in [4.69, 9.17) is 4.74 Å². The first-order chi connectivity index (χ1) is 15.5. The molecule has 1 aliphatic rings. The average Bonchev–Trinajstić information content (AvgIpc) is 3.45. The minimum absolute atomic E-state index is 0.133. The first kappa shape index (κ1) is 23.9. The predicted molar refractivity (Wildman–Crippen MR) is 124 cm³/mol. The third-order valence-corrected chi connectivity index (χ3v) is 6.27. The smallest absolute Gasteiger partial charge is 0.247 e. The summed E-state index contributed by atoms with van der Waals surface area (Å²) in [6, 6.07) is 10.1. The number of hydrogen-bond acceptors (Lipinski definition) is 5. The minimum Gasteiger partial charge on any atom is -0.382 e. The highest BCUT2D eigenvalue weighted by Crippen LogP contribution is 2.27. The Balaban J connectivity index is 1.88. The molecule has 1 aliphatic heterocycles. The third kappa shape index (κ3) is 6.40. The second-order valence-electron chi connectivity index (χ2n) is 7.86. The molecule has 0 bridgehead atoms.